The average molecular weight is 275 g/mol. The second-order valence-corrected chi connectivity index (χ2v) is 6.25. The van der Waals surface area contributed by atoms with Crippen molar-refractivity contribution in [1.29, 1.82) is 0 Å². The Kier molecular flexibility index (Phi) is 4.03. The molecule has 110 valence electrons. The fraction of sp³-hybridized carbons (Fsp3) is 0.750. The van der Waals surface area contributed by atoms with Crippen LogP contribution in [0.5, 0.6) is 0 Å². The van der Waals surface area contributed by atoms with Crippen molar-refractivity contribution in [3.8, 4) is 0 Å². The SMILES string of the molecule is CNCC1CCc2nc(C(OC)C3CC3)nc(C)c2C1. The number of aromatic nitrogens is 2. The van der Waals surface area contributed by atoms with Crippen LogP contribution in [0.1, 0.15) is 48.1 Å². The van der Waals surface area contributed by atoms with E-state index in [9.17, 15) is 0 Å². The normalized spacial score (nSPS) is 23.4. The number of rotatable bonds is 5. The number of fused-ring (bicyclic) bond motifs is 1. The van der Waals surface area contributed by atoms with Crippen LogP contribution in [0.4, 0.5) is 0 Å². The van der Waals surface area contributed by atoms with Crippen molar-refractivity contribution in [1.82, 2.24) is 15.3 Å². The van der Waals surface area contributed by atoms with E-state index in [0.29, 0.717) is 5.92 Å². The van der Waals surface area contributed by atoms with E-state index < -0.39 is 0 Å². The molecule has 0 aliphatic heterocycles. The fourth-order valence-corrected chi connectivity index (χ4v) is 3.38. The molecule has 1 fully saturated rings. The zero-order valence-electron chi connectivity index (χ0n) is 12.8. The molecule has 1 aromatic rings. The summed E-state index contributed by atoms with van der Waals surface area (Å²) < 4.78 is 5.63. The molecule has 2 unspecified atom stereocenters. The third-order valence-corrected chi connectivity index (χ3v) is 4.65. The molecule has 1 saturated carbocycles. The quantitative estimate of drug-likeness (QED) is 0.895. The number of ether oxygens (including phenoxy) is 1. The third-order valence-electron chi connectivity index (χ3n) is 4.65. The molecule has 0 aromatic carbocycles. The molecular formula is C16H25N3O. The second-order valence-electron chi connectivity index (χ2n) is 6.25. The first kappa shape index (κ1) is 14.0. The molecule has 0 bridgehead atoms. The molecule has 0 saturated heterocycles. The monoisotopic (exact) mass is 275 g/mol. The van der Waals surface area contributed by atoms with Gasteiger partial charge in [-0.25, -0.2) is 9.97 Å². The van der Waals surface area contributed by atoms with Crippen molar-refractivity contribution in [2.45, 2.75) is 45.1 Å². The Bertz CT molecular complexity index is 485. The van der Waals surface area contributed by atoms with Gasteiger partial charge in [-0.05, 0) is 70.0 Å². The predicted molar refractivity (Wildman–Crippen MR) is 78.7 cm³/mol. The van der Waals surface area contributed by atoms with Gasteiger partial charge >= 0.3 is 0 Å². The Hall–Kier alpha value is -1.00. The standard InChI is InChI=1S/C16H25N3O/c1-10-13-8-11(9-17-2)4-7-14(13)19-16(18-10)15(20-3)12-5-6-12/h11-12,15,17H,4-9H2,1-3H3. The molecule has 0 radical (unpaired) electrons. The van der Waals surface area contributed by atoms with Gasteiger partial charge in [0.1, 0.15) is 6.10 Å². The summed E-state index contributed by atoms with van der Waals surface area (Å²) in [6.45, 7) is 3.22. The van der Waals surface area contributed by atoms with Gasteiger partial charge in [0.05, 0.1) is 0 Å². The van der Waals surface area contributed by atoms with Crippen molar-refractivity contribution >= 4 is 0 Å². The highest BCUT2D eigenvalue weighted by atomic mass is 16.5. The molecule has 1 N–H and O–H groups in total. The maximum Gasteiger partial charge on any atom is 0.157 e. The van der Waals surface area contributed by atoms with Crippen molar-refractivity contribution < 1.29 is 4.74 Å². The van der Waals surface area contributed by atoms with Gasteiger partial charge in [0.25, 0.3) is 0 Å². The molecule has 2 aliphatic rings. The molecule has 0 spiro atoms. The summed E-state index contributed by atoms with van der Waals surface area (Å²) >= 11 is 0. The number of hydrogen-bond donors (Lipinski definition) is 1. The predicted octanol–water partition coefficient (Wildman–Crippen LogP) is 2.21. The highest BCUT2D eigenvalue weighted by Crippen LogP contribution is 2.42. The Morgan fingerprint density at radius 1 is 1.30 bits per heavy atom. The van der Waals surface area contributed by atoms with E-state index >= 15 is 0 Å². The lowest BCUT2D eigenvalue weighted by atomic mass is 9.85. The molecule has 1 aromatic heterocycles. The zero-order chi connectivity index (χ0) is 14.1. The van der Waals surface area contributed by atoms with E-state index in [1.54, 1.807) is 7.11 Å². The summed E-state index contributed by atoms with van der Waals surface area (Å²) in [4.78, 5) is 9.60. The molecule has 4 heteroatoms. The van der Waals surface area contributed by atoms with Crippen molar-refractivity contribution in [3.63, 3.8) is 0 Å². The van der Waals surface area contributed by atoms with Crippen LogP contribution in [0.15, 0.2) is 0 Å². The minimum absolute atomic E-state index is 0.106. The number of methoxy groups -OCH3 is 1. The van der Waals surface area contributed by atoms with E-state index in [4.69, 9.17) is 14.7 Å². The lowest BCUT2D eigenvalue weighted by molar-refractivity contribution is 0.0767. The summed E-state index contributed by atoms with van der Waals surface area (Å²) in [5, 5.41) is 3.29. The summed E-state index contributed by atoms with van der Waals surface area (Å²) in [7, 11) is 3.81. The van der Waals surface area contributed by atoms with Gasteiger partial charge in [0, 0.05) is 18.5 Å². The van der Waals surface area contributed by atoms with Crippen molar-refractivity contribution in [2.75, 3.05) is 20.7 Å². The molecule has 2 atom stereocenters. The van der Waals surface area contributed by atoms with Crippen LogP contribution in [0.25, 0.3) is 0 Å². The van der Waals surface area contributed by atoms with E-state index in [2.05, 4.69) is 12.2 Å². The highest BCUT2D eigenvalue weighted by molar-refractivity contribution is 5.29. The summed E-state index contributed by atoms with van der Waals surface area (Å²) in [5.74, 6) is 2.28. The summed E-state index contributed by atoms with van der Waals surface area (Å²) in [6, 6.07) is 0. The summed E-state index contributed by atoms with van der Waals surface area (Å²) in [6.07, 6.45) is 6.03. The van der Waals surface area contributed by atoms with Crippen LogP contribution < -0.4 is 5.32 Å². The summed E-state index contributed by atoms with van der Waals surface area (Å²) in [5.41, 5.74) is 3.81. The van der Waals surface area contributed by atoms with Crippen LogP contribution >= 0.6 is 0 Å². The average Bonchev–Trinajstić information content (AvgIpc) is 3.25. The minimum Gasteiger partial charge on any atom is -0.373 e. The number of nitrogens with one attached hydrogen (secondary N) is 1. The Morgan fingerprint density at radius 3 is 2.75 bits per heavy atom. The molecule has 20 heavy (non-hydrogen) atoms. The Balaban J connectivity index is 1.85. The van der Waals surface area contributed by atoms with Gasteiger partial charge in [0.2, 0.25) is 0 Å². The van der Waals surface area contributed by atoms with Gasteiger partial charge in [-0.2, -0.15) is 0 Å². The lowest BCUT2D eigenvalue weighted by Gasteiger charge is -2.26. The number of aryl methyl sites for hydroxylation is 2. The van der Waals surface area contributed by atoms with Crippen LogP contribution in [-0.2, 0) is 17.6 Å². The molecular weight excluding hydrogens is 250 g/mol. The highest BCUT2D eigenvalue weighted by Gasteiger charge is 2.35. The first-order chi connectivity index (χ1) is 9.72. The lowest BCUT2D eigenvalue weighted by Crippen LogP contribution is -2.27. The number of hydrogen-bond acceptors (Lipinski definition) is 4. The first-order valence-electron chi connectivity index (χ1n) is 7.76. The van der Waals surface area contributed by atoms with Crippen molar-refractivity contribution in [3.05, 3.63) is 22.8 Å². The largest absolute Gasteiger partial charge is 0.373 e. The van der Waals surface area contributed by atoms with Gasteiger partial charge in [-0.3, -0.25) is 0 Å². The molecule has 0 amide bonds. The van der Waals surface area contributed by atoms with Gasteiger partial charge in [-0.1, -0.05) is 0 Å². The van der Waals surface area contributed by atoms with Gasteiger partial charge in [0.15, 0.2) is 5.82 Å². The van der Waals surface area contributed by atoms with Gasteiger partial charge < -0.3 is 10.1 Å². The van der Waals surface area contributed by atoms with Crippen LogP contribution in [0.2, 0.25) is 0 Å². The molecule has 3 rings (SSSR count). The van der Waals surface area contributed by atoms with E-state index in [0.717, 1.165) is 36.8 Å². The van der Waals surface area contributed by atoms with Crippen molar-refractivity contribution in [2.24, 2.45) is 11.8 Å². The Labute approximate surface area is 121 Å². The number of nitrogens with zero attached hydrogens (tertiary/aromatic N) is 2. The van der Waals surface area contributed by atoms with E-state index in [1.807, 2.05) is 7.05 Å². The van der Waals surface area contributed by atoms with Crippen LogP contribution in [0.3, 0.4) is 0 Å². The molecule has 4 nitrogen and oxygen atoms in total. The first-order valence-corrected chi connectivity index (χ1v) is 7.76. The molecule has 2 aliphatic carbocycles. The smallest absolute Gasteiger partial charge is 0.157 e. The van der Waals surface area contributed by atoms with Crippen LogP contribution in [-0.4, -0.2) is 30.7 Å². The maximum atomic E-state index is 5.63. The fourth-order valence-electron chi connectivity index (χ4n) is 3.38. The minimum atomic E-state index is 0.106. The topological polar surface area (TPSA) is 47.0 Å². The van der Waals surface area contributed by atoms with E-state index in [-0.39, 0.29) is 6.10 Å². The third kappa shape index (κ3) is 2.72. The maximum absolute atomic E-state index is 5.63. The van der Waals surface area contributed by atoms with Crippen LogP contribution in [0, 0.1) is 18.8 Å². The second kappa shape index (κ2) is 5.78. The van der Waals surface area contributed by atoms with Gasteiger partial charge in [-0.15, -0.1) is 0 Å². The Morgan fingerprint density at radius 2 is 2.10 bits per heavy atom. The van der Waals surface area contributed by atoms with E-state index in [1.165, 1.54) is 30.5 Å². The molecule has 1 heterocycles. The zero-order valence-corrected chi connectivity index (χ0v) is 12.8.